The van der Waals surface area contributed by atoms with Crippen LogP contribution in [0.25, 0.3) is 0 Å². The van der Waals surface area contributed by atoms with Crippen LogP contribution in [0.2, 0.25) is 0 Å². The maximum atomic E-state index is 13.4. The standard InChI is InChI=1S/C31H33N5O5S2/c1-4-41-30(39)26-22-14-10-16-24(22)43-29(26)33-27(37)19(2)42-31-35-34-25(36(31)18-20-11-6-5-7-12-20)17-32-28(38)21-13-8-9-15-23(21)40-3/h5-9,11-13,15,19H,4,10,14,16-18H2,1-3H3,(H,32,38)(H,33,37)/t19-/m1/s1. The van der Waals surface area contributed by atoms with Gasteiger partial charge in [-0.2, -0.15) is 0 Å². The van der Waals surface area contributed by atoms with Crippen molar-refractivity contribution in [2.75, 3.05) is 19.0 Å². The minimum Gasteiger partial charge on any atom is -0.496 e. The summed E-state index contributed by atoms with van der Waals surface area (Å²) in [7, 11) is 1.52. The molecule has 1 atom stereocenters. The summed E-state index contributed by atoms with van der Waals surface area (Å²) >= 11 is 2.71. The van der Waals surface area contributed by atoms with E-state index in [1.54, 1.807) is 38.1 Å². The van der Waals surface area contributed by atoms with E-state index in [0.29, 0.717) is 39.4 Å². The van der Waals surface area contributed by atoms with Gasteiger partial charge in [0.25, 0.3) is 5.91 Å². The van der Waals surface area contributed by atoms with Crippen LogP contribution in [-0.2, 0) is 35.5 Å². The number of benzene rings is 2. The second-order valence-corrected chi connectivity index (χ2v) is 12.3. The van der Waals surface area contributed by atoms with Gasteiger partial charge in [0, 0.05) is 4.88 Å². The molecule has 43 heavy (non-hydrogen) atoms. The lowest BCUT2D eigenvalue weighted by molar-refractivity contribution is -0.115. The fourth-order valence-corrected chi connectivity index (χ4v) is 7.03. The molecule has 2 aromatic carbocycles. The van der Waals surface area contributed by atoms with Gasteiger partial charge in [0.15, 0.2) is 11.0 Å². The van der Waals surface area contributed by atoms with E-state index in [-0.39, 0.29) is 25.0 Å². The molecule has 0 bridgehead atoms. The predicted molar refractivity (Wildman–Crippen MR) is 166 cm³/mol. The molecular formula is C31H33N5O5S2. The third-order valence-electron chi connectivity index (χ3n) is 7.02. The molecule has 0 spiro atoms. The molecule has 1 aliphatic rings. The number of amides is 2. The maximum Gasteiger partial charge on any atom is 0.341 e. The Kier molecular flexibility index (Phi) is 9.78. The number of hydrogen-bond acceptors (Lipinski definition) is 9. The van der Waals surface area contributed by atoms with Crippen LogP contribution in [0.3, 0.4) is 0 Å². The molecule has 0 unspecified atom stereocenters. The Morgan fingerprint density at radius 1 is 1.07 bits per heavy atom. The highest BCUT2D eigenvalue weighted by atomic mass is 32.2. The number of para-hydroxylation sites is 1. The number of carbonyl (C=O) groups is 3. The van der Waals surface area contributed by atoms with E-state index in [9.17, 15) is 14.4 Å². The van der Waals surface area contributed by atoms with Crippen LogP contribution < -0.4 is 15.4 Å². The van der Waals surface area contributed by atoms with Crippen LogP contribution in [0.1, 0.15) is 62.8 Å². The van der Waals surface area contributed by atoms with E-state index in [0.717, 1.165) is 35.3 Å². The monoisotopic (exact) mass is 619 g/mol. The Hall–Kier alpha value is -4.16. The fourth-order valence-electron chi connectivity index (χ4n) is 4.89. The molecule has 2 N–H and O–H groups in total. The number of aryl methyl sites for hydroxylation is 1. The number of thioether (sulfide) groups is 1. The number of carbonyl (C=O) groups excluding carboxylic acids is 3. The molecule has 2 amide bonds. The van der Waals surface area contributed by atoms with Gasteiger partial charge in [-0.1, -0.05) is 54.2 Å². The van der Waals surface area contributed by atoms with Gasteiger partial charge in [0.1, 0.15) is 10.8 Å². The van der Waals surface area contributed by atoms with Crippen molar-refractivity contribution in [1.82, 2.24) is 20.1 Å². The minimum atomic E-state index is -0.554. The van der Waals surface area contributed by atoms with E-state index < -0.39 is 11.2 Å². The van der Waals surface area contributed by atoms with Gasteiger partial charge < -0.3 is 24.7 Å². The number of rotatable bonds is 12. The Morgan fingerprint density at radius 3 is 2.60 bits per heavy atom. The van der Waals surface area contributed by atoms with Crippen molar-refractivity contribution < 1.29 is 23.9 Å². The highest BCUT2D eigenvalue weighted by Crippen LogP contribution is 2.40. The van der Waals surface area contributed by atoms with Crippen LogP contribution in [0.15, 0.2) is 59.8 Å². The van der Waals surface area contributed by atoms with E-state index in [2.05, 4.69) is 20.8 Å². The first-order valence-electron chi connectivity index (χ1n) is 14.1. The summed E-state index contributed by atoms with van der Waals surface area (Å²) in [6, 6.07) is 16.8. The second-order valence-electron chi connectivity index (χ2n) is 9.88. The van der Waals surface area contributed by atoms with Crippen LogP contribution >= 0.6 is 23.1 Å². The lowest BCUT2D eigenvalue weighted by atomic mass is 10.1. The highest BCUT2D eigenvalue weighted by Gasteiger charge is 2.30. The molecule has 10 nitrogen and oxygen atoms in total. The first-order chi connectivity index (χ1) is 20.9. The van der Waals surface area contributed by atoms with Crippen LogP contribution in [-0.4, -0.2) is 51.5 Å². The molecule has 4 aromatic rings. The minimum absolute atomic E-state index is 0.126. The number of fused-ring (bicyclic) bond motifs is 1. The molecule has 2 aromatic heterocycles. The summed E-state index contributed by atoms with van der Waals surface area (Å²) in [4.78, 5) is 40.2. The summed E-state index contributed by atoms with van der Waals surface area (Å²) in [6.45, 7) is 4.40. The van der Waals surface area contributed by atoms with Crippen molar-refractivity contribution in [2.45, 2.75) is 56.6 Å². The Bertz CT molecular complexity index is 1620. The lowest BCUT2D eigenvalue weighted by Crippen LogP contribution is -2.26. The first-order valence-corrected chi connectivity index (χ1v) is 15.8. The lowest BCUT2D eigenvalue weighted by Gasteiger charge is -2.15. The molecular weight excluding hydrogens is 587 g/mol. The summed E-state index contributed by atoms with van der Waals surface area (Å²) in [6.07, 6.45) is 2.69. The Labute approximate surface area is 258 Å². The van der Waals surface area contributed by atoms with Crippen molar-refractivity contribution in [3.63, 3.8) is 0 Å². The van der Waals surface area contributed by atoms with Gasteiger partial charge in [-0.25, -0.2) is 4.79 Å². The zero-order chi connectivity index (χ0) is 30.3. The summed E-state index contributed by atoms with van der Waals surface area (Å²) in [5.74, 6) is 0.0648. The molecule has 0 radical (unpaired) electrons. The van der Waals surface area contributed by atoms with E-state index >= 15 is 0 Å². The normalized spacial score (nSPS) is 12.8. The predicted octanol–water partition coefficient (Wildman–Crippen LogP) is 5.11. The van der Waals surface area contributed by atoms with Crippen molar-refractivity contribution in [3.05, 3.63) is 87.6 Å². The summed E-state index contributed by atoms with van der Waals surface area (Å²) < 4.78 is 12.5. The molecule has 12 heteroatoms. The zero-order valence-electron chi connectivity index (χ0n) is 24.2. The maximum absolute atomic E-state index is 13.4. The smallest absolute Gasteiger partial charge is 0.341 e. The van der Waals surface area contributed by atoms with Gasteiger partial charge in [-0.3, -0.25) is 9.59 Å². The quantitative estimate of drug-likeness (QED) is 0.166. The number of thiophene rings is 1. The molecule has 0 saturated heterocycles. The second kappa shape index (κ2) is 13.9. The van der Waals surface area contributed by atoms with Gasteiger partial charge in [0.05, 0.1) is 43.2 Å². The average molecular weight is 620 g/mol. The topological polar surface area (TPSA) is 124 Å². The fraction of sp³-hybridized carbons (Fsp3) is 0.323. The molecule has 1 aliphatic carbocycles. The third-order valence-corrected chi connectivity index (χ3v) is 9.31. The van der Waals surface area contributed by atoms with Gasteiger partial charge >= 0.3 is 5.97 Å². The number of esters is 1. The van der Waals surface area contributed by atoms with Crippen molar-refractivity contribution in [2.24, 2.45) is 0 Å². The largest absolute Gasteiger partial charge is 0.496 e. The van der Waals surface area contributed by atoms with Gasteiger partial charge in [0.2, 0.25) is 5.91 Å². The molecule has 0 saturated carbocycles. The molecule has 0 aliphatic heterocycles. The van der Waals surface area contributed by atoms with Crippen molar-refractivity contribution in [3.8, 4) is 5.75 Å². The Morgan fingerprint density at radius 2 is 1.84 bits per heavy atom. The zero-order valence-corrected chi connectivity index (χ0v) is 25.8. The number of methoxy groups -OCH3 is 1. The first kappa shape index (κ1) is 30.3. The molecule has 224 valence electrons. The van der Waals surface area contributed by atoms with Gasteiger partial charge in [-0.15, -0.1) is 21.5 Å². The number of nitrogens with one attached hydrogen (secondary N) is 2. The number of aromatic nitrogens is 3. The Balaban J connectivity index is 1.33. The number of nitrogens with zero attached hydrogens (tertiary/aromatic N) is 3. The van der Waals surface area contributed by atoms with Crippen LogP contribution in [0.4, 0.5) is 5.00 Å². The van der Waals surface area contributed by atoms with E-state index in [4.69, 9.17) is 9.47 Å². The van der Waals surface area contributed by atoms with E-state index in [1.807, 2.05) is 34.9 Å². The highest BCUT2D eigenvalue weighted by molar-refractivity contribution is 8.00. The SMILES string of the molecule is CCOC(=O)c1c(NC(=O)[C@@H](C)Sc2nnc(CNC(=O)c3ccccc3OC)n2Cc2ccccc2)sc2c1CCC2. The molecule has 5 rings (SSSR count). The van der Waals surface area contributed by atoms with Crippen molar-refractivity contribution >= 4 is 45.9 Å². The number of anilines is 1. The van der Waals surface area contributed by atoms with Crippen LogP contribution in [0, 0.1) is 0 Å². The third kappa shape index (κ3) is 6.91. The van der Waals surface area contributed by atoms with Crippen molar-refractivity contribution in [1.29, 1.82) is 0 Å². The molecule has 0 fully saturated rings. The summed E-state index contributed by atoms with van der Waals surface area (Å²) in [5.41, 5.74) is 2.90. The van der Waals surface area contributed by atoms with Crippen LogP contribution in [0.5, 0.6) is 5.75 Å². The summed E-state index contributed by atoms with van der Waals surface area (Å²) in [5, 5.41) is 15.1. The van der Waals surface area contributed by atoms with Gasteiger partial charge in [-0.05, 0) is 56.4 Å². The van der Waals surface area contributed by atoms with E-state index in [1.165, 1.54) is 30.2 Å². The molecule has 2 heterocycles. The number of ether oxygens (including phenoxy) is 2. The average Bonchev–Trinajstić information content (AvgIpc) is 3.71. The number of hydrogen-bond donors (Lipinski definition) is 2.